The number of aromatic nitrogens is 5. The van der Waals surface area contributed by atoms with Crippen molar-refractivity contribution in [3.63, 3.8) is 0 Å². The van der Waals surface area contributed by atoms with Gasteiger partial charge in [0, 0.05) is 54.1 Å². The fourth-order valence-electron chi connectivity index (χ4n) is 4.61. The molecule has 0 aliphatic carbocycles. The predicted octanol–water partition coefficient (Wildman–Crippen LogP) is 3.88. The second-order valence-corrected chi connectivity index (χ2v) is 13.1. The van der Waals surface area contributed by atoms with Crippen molar-refractivity contribution < 1.29 is 4.57 Å². The number of fused-ring (bicyclic) bond motifs is 1. The topological polar surface area (TPSA) is 109 Å². The summed E-state index contributed by atoms with van der Waals surface area (Å²) >= 11 is 6.25. The van der Waals surface area contributed by atoms with Crippen LogP contribution in [0.4, 0.5) is 0 Å². The quantitative estimate of drug-likeness (QED) is 0.344. The van der Waals surface area contributed by atoms with E-state index in [1.165, 1.54) is 0 Å². The van der Waals surface area contributed by atoms with Gasteiger partial charge in [0.05, 0.1) is 34.9 Å². The third kappa shape index (κ3) is 4.31. The lowest BCUT2D eigenvalue weighted by Crippen LogP contribution is -2.41. The van der Waals surface area contributed by atoms with Crippen LogP contribution in [0.3, 0.4) is 0 Å². The normalized spacial score (nSPS) is 13.6. The van der Waals surface area contributed by atoms with Crippen molar-refractivity contribution in [2.45, 2.75) is 5.54 Å². The molecule has 0 amide bonds. The highest BCUT2D eigenvalue weighted by Crippen LogP contribution is 2.38. The third-order valence-electron chi connectivity index (χ3n) is 6.68. The molecule has 4 aromatic heterocycles. The molecule has 0 radical (unpaired) electrons. The molecule has 0 aliphatic rings. The minimum atomic E-state index is -2.54. The van der Waals surface area contributed by atoms with Crippen molar-refractivity contribution in [2.75, 3.05) is 13.3 Å². The van der Waals surface area contributed by atoms with Gasteiger partial charge in [0.25, 0.3) is 5.56 Å². The predicted molar refractivity (Wildman–Crippen MR) is 148 cm³/mol. The van der Waals surface area contributed by atoms with Crippen LogP contribution in [0.5, 0.6) is 0 Å². The number of nitrogens with zero attached hydrogens (tertiary/aromatic N) is 5. The summed E-state index contributed by atoms with van der Waals surface area (Å²) < 4.78 is 16.0. The van der Waals surface area contributed by atoms with Crippen molar-refractivity contribution >= 4 is 35.1 Å². The average molecular weight is 533 g/mol. The van der Waals surface area contributed by atoms with Gasteiger partial charge in [-0.05, 0) is 49.2 Å². The first kappa shape index (κ1) is 25.1. The fourth-order valence-corrected chi connectivity index (χ4v) is 5.54. The minimum absolute atomic E-state index is 0.161. The van der Waals surface area contributed by atoms with E-state index in [-0.39, 0.29) is 5.56 Å². The summed E-state index contributed by atoms with van der Waals surface area (Å²) in [5.74, 6) is 0. The summed E-state index contributed by atoms with van der Waals surface area (Å²) in [6, 6.07) is 14.4. The smallest absolute Gasteiger partial charge is 0.251 e. The number of nitrogens with two attached hydrogens (primary N) is 1. The second kappa shape index (κ2) is 9.06. The molecular weight excluding hydrogens is 507 g/mol. The summed E-state index contributed by atoms with van der Waals surface area (Å²) in [5.41, 5.74) is 10.7. The zero-order valence-corrected chi connectivity index (χ0v) is 22.5. The molecule has 0 fully saturated rings. The maximum Gasteiger partial charge on any atom is 0.251 e. The molecule has 0 saturated carbocycles. The second-order valence-electron chi connectivity index (χ2n) is 9.50. The van der Waals surface area contributed by atoms with Gasteiger partial charge in [-0.25, -0.2) is 4.98 Å². The number of benzene rings is 1. The van der Waals surface area contributed by atoms with Crippen molar-refractivity contribution in [1.29, 1.82) is 0 Å². The number of hydrogen-bond donors (Lipinski definition) is 1. The molecule has 0 bridgehead atoms. The molecule has 10 heteroatoms. The lowest BCUT2D eigenvalue weighted by Gasteiger charge is -2.31. The van der Waals surface area contributed by atoms with Gasteiger partial charge in [0.15, 0.2) is 0 Å². The standard InChI is InChI=1S/C27H26ClN6O2P/c1-33-16-30-15-24(33)27(29,18-6-8-25(32-14-18)37(3,4)36)17-5-7-23-21(11-17)20(13-26(35)34(23)2)22-12-19(28)9-10-31-22/h5-16H,29H2,1-4H3. The van der Waals surface area contributed by atoms with E-state index < -0.39 is 12.7 Å². The van der Waals surface area contributed by atoms with Crippen LogP contribution in [-0.4, -0.2) is 37.4 Å². The summed E-state index contributed by atoms with van der Waals surface area (Å²) in [4.78, 5) is 26.1. The largest absolute Gasteiger partial charge is 0.336 e. The molecule has 0 aliphatic heterocycles. The molecule has 2 N–H and O–H groups in total. The van der Waals surface area contributed by atoms with Crippen LogP contribution in [0.2, 0.25) is 5.02 Å². The Balaban J connectivity index is 1.81. The molecule has 5 rings (SSSR count). The van der Waals surface area contributed by atoms with Crippen molar-refractivity contribution in [3.8, 4) is 11.3 Å². The van der Waals surface area contributed by atoms with Crippen molar-refractivity contribution in [3.05, 3.63) is 106 Å². The van der Waals surface area contributed by atoms with Gasteiger partial charge in [0.1, 0.15) is 12.7 Å². The van der Waals surface area contributed by atoms with Crippen LogP contribution >= 0.6 is 18.7 Å². The van der Waals surface area contributed by atoms with E-state index in [4.69, 9.17) is 17.3 Å². The molecule has 37 heavy (non-hydrogen) atoms. The number of imidazole rings is 1. The number of hydrogen-bond acceptors (Lipinski definition) is 6. The zero-order valence-electron chi connectivity index (χ0n) is 20.9. The highest BCUT2D eigenvalue weighted by Gasteiger charge is 2.36. The molecule has 0 saturated heterocycles. The maximum atomic E-state index is 12.8. The van der Waals surface area contributed by atoms with E-state index in [1.54, 1.807) is 74.1 Å². The minimum Gasteiger partial charge on any atom is -0.336 e. The first-order valence-electron chi connectivity index (χ1n) is 11.5. The van der Waals surface area contributed by atoms with Crippen LogP contribution in [0.25, 0.3) is 22.2 Å². The van der Waals surface area contributed by atoms with Gasteiger partial charge in [-0.1, -0.05) is 23.7 Å². The van der Waals surface area contributed by atoms with Gasteiger partial charge in [0.2, 0.25) is 0 Å². The van der Waals surface area contributed by atoms with Crippen LogP contribution < -0.4 is 16.7 Å². The van der Waals surface area contributed by atoms with E-state index in [0.29, 0.717) is 27.3 Å². The Labute approximate surface area is 219 Å². The highest BCUT2D eigenvalue weighted by molar-refractivity contribution is 7.69. The van der Waals surface area contributed by atoms with Gasteiger partial charge >= 0.3 is 0 Å². The Morgan fingerprint density at radius 3 is 2.35 bits per heavy atom. The summed E-state index contributed by atoms with van der Waals surface area (Å²) in [6.07, 6.45) is 6.70. The van der Waals surface area contributed by atoms with E-state index in [9.17, 15) is 9.36 Å². The molecule has 4 heterocycles. The molecule has 8 nitrogen and oxygen atoms in total. The molecular formula is C27H26ClN6O2P. The van der Waals surface area contributed by atoms with Crippen molar-refractivity contribution in [2.24, 2.45) is 19.8 Å². The Morgan fingerprint density at radius 1 is 0.973 bits per heavy atom. The zero-order chi connectivity index (χ0) is 26.5. The SMILES string of the molecule is Cn1cncc1C(N)(c1ccc(P(C)(C)=O)nc1)c1ccc2c(c1)c(-c1cc(Cl)ccn1)cc(=O)n2C. The maximum absolute atomic E-state index is 12.8. The molecule has 0 spiro atoms. The van der Waals surface area contributed by atoms with E-state index in [1.807, 2.05) is 35.9 Å². The molecule has 1 aromatic carbocycles. The van der Waals surface area contributed by atoms with E-state index >= 15 is 0 Å². The Hall–Kier alpha value is -3.58. The van der Waals surface area contributed by atoms with E-state index in [0.717, 1.165) is 22.2 Å². The van der Waals surface area contributed by atoms with Crippen LogP contribution in [-0.2, 0) is 24.2 Å². The molecule has 1 atom stereocenters. The summed E-state index contributed by atoms with van der Waals surface area (Å²) in [7, 11) is 1.07. The van der Waals surface area contributed by atoms with Gasteiger partial charge in [-0.3, -0.25) is 14.8 Å². The monoisotopic (exact) mass is 532 g/mol. The van der Waals surface area contributed by atoms with Crippen LogP contribution in [0.1, 0.15) is 16.8 Å². The van der Waals surface area contributed by atoms with Gasteiger partial charge in [-0.15, -0.1) is 0 Å². The summed E-state index contributed by atoms with van der Waals surface area (Å²) in [5, 5.41) is 1.32. The molecule has 188 valence electrons. The Morgan fingerprint density at radius 2 is 1.73 bits per heavy atom. The lowest BCUT2D eigenvalue weighted by molar-refractivity contribution is 0.586. The lowest BCUT2D eigenvalue weighted by atomic mass is 9.81. The van der Waals surface area contributed by atoms with Crippen LogP contribution in [0, 0.1) is 0 Å². The Bertz CT molecular complexity index is 1760. The first-order chi connectivity index (χ1) is 17.5. The van der Waals surface area contributed by atoms with Crippen LogP contribution in [0.15, 0.2) is 78.2 Å². The van der Waals surface area contributed by atoms with E-state index in [2.05, 4.69) is 15.0 Å². The number of aryl methyl sites for hydroxylation is 2. The van der Waals surface area contributed by atoms with Gasteiger partial charge < -0.3 is 19.4 Å². The van der Waals surface area contributed by atoms with Gasteiger partial charge in [-0.2, -0.15) is 0 Å². The summed E-state index contributed by atoms with van der Waals surface area (Å²) in [6.45, 7) is 3.37. The number of pyridine rings is 3. The molecule has 1 unspecified atom stereocenters. The first-order valence-corrected chi connectivity index (χ1v) is 14.5. The Kier molecular flexibility index (Phi) is 6.15. The number of halogens is 1. The van der Waals surface area contributed by atoms with Crippen molar-refractivity contribution in [1.82, 2.24) is 24.1 Å². The highest BCUT2D eigenvalue weighted by atomic mass is 35.5. The number of rotatable bonds is 5. The third-order valence-corrected chi connectivity index (χ3v) is 8.28. The fraction of sp³-hybridized carbons (Fsp3) is 0.185. The average Bonchev–Trinajstić information content (AvgIpc) is 3.31. The molecule has 5 aromatic rings.